The summed E-state index contributed by atoms with van der Waals surface area (Å²) in [5.74, 6) is 2.08. The van der Waals surface area contributed by atoms with E-state index in [2.05, 4.69) is 16.0 Å². The number of hydrogen-bond donors (Lipinski definition) is 1. The molecule has 238 valence electrons. The summed E-state index contributed by atoms with van der Waals surface area (Å²) in [6.45, 7) is 5.37. The number of nitriles is 1. The quantitative estimate of drug-likeness (QED) is 0.123. The number of carbonyl (C=O) groups is 1. The first-order valence-corrected chi connectivity index (χ1v) is 15.5. The van der Waals surface area contributed by atoms with E-state index in [1.807, 2.05) is 43.3 Å². The van der Waals surface area contributed by atoms with Gasteiger partial charge >= 0.3 is 0 Å². The molecule has 1 N–H and O–H groups in total. The van der Waals surface area contributed by atoms with Crippen LogP contribution < -0.4 is 18.9 Å². The number of aromatic nitrogens is 1. The average Bonchev–Trinajstić information content (AvgIpc) is 3.50. The number of rotatable bonds is 14. The van der Waals surface area contributed by atoms with E-state index in [1.54, 1.807) is 25.4 Å². The van der Waals surface area contributed by atoms with E-state index < -0.39 is 0 Å². The summed E-state index contributed by atoms with van der Waals surface area (Å²) in [4.78, 5) is 18.0. The van der Waals surface area contributed by atoms with Crippen LogP contribution in [0.25, 0.3) is 11.1 Å². The number of ether oxygens (including phenoxy) is 4. The fourth-order valence-corrected chi connectivity index (χ4v) is 5.77. The fraction of sp³-hybridized carbons (Fsp3) is 0.306. The van der Waals surface area contributed by atoms with Crippen LogP contribution in [-0.4, -0.2) is 60.7 Å². The molecule has 3 aromatic carbocycles. The highest BCUT2D eigenvalue weighted by Crippen LogP contribution is 2.39. The van der Waals surface area contributed by atoms with Gasteiger partial charge in [0.25, 0.3) is 0 Å². The highest BCUT2D eigenvalue weighted by Gasteiger charge is 2.20. The second-order valence-corrected chi connectivity index (χ2v) is 11.4. The van der Waals surface area contributed by atoms with Crippen molar-refractivity contribution in [3.8, 4) is 40.2 Å². The largest absolute Gasteiger partial charge is 0.496 e. The van der Waals surface area contributed by atoms with Crippen molar-refractivity contribution in [3.63, 3.8) is 0 Å². The molecular formula is C36H36ClN3O6. The van der Waals surface area contributed by atoms with Crippen molar-refractivity contribution < 1.29 is 28.8 Å². The van der Waals surface area contributed by atoms with E-state index in [1.165, 1.54) is 12.3 Å². The van der Waals surface area contributed by atoms with Gasteiger partial charge in [-0.3, -0.25) is 9.78 Å². The third kappa shape index (κ3) is 7.77. The van der Waals surface area contributed by atoms with Crippen molar-refractivity contribution in [3.05, 3.63) is 99.8 Å². The SMILES string of the molecule is COc1c(COc2cc(OCc3ccncc3C#N)c(C=O)cc2Cl)cccc1-c1cccc(OCCCN2CCC(O)C2)c1C. The van der Waals surface area contributed by atoms with Crippen molar-refractivity contribution in [1.29, 1.82) is 5.26 Å². The number of methoxy groups -OCH3 is 1. The molecule has 2 heterocycles. The molecule has 0 bridgehead atoms. The smallest absolute Gasteiger partial charge is 0.153 e. The Kier molecular flexibility index (Phi) is 11.1. The van der Waals surface area contributed by atoms with Crippen LogP contribution in [0.2, 0.25) is 5.02 Å². The average molecular weight is 642 g/mol. The van der Waals surface area contributed by atoms with E-state index >= 15 is 0 Å². The van der Waals surface area contributed by atoms with Gasteiger partial charge in [0.15, 0.2) is 6.29 Å². The number of aliphatic hydroxyl groups excluding tert-OH is 1. The van der Waals surface area contributed by atoms with Crippen LogP contribution in [0, 0.1) is 18.3 Å². The lowest BCUT2D eigenvalue weighted by molar-refractivity contribution is 0.111. The Morgan fingerprint density at radius 3 is 2.59 bits per heavy atom. The summed E-state index contributed by atoms with van der Waals surface area (Å²) < 4.78 is 24.1. The third-order valence-electron chi connectivity index (χ3n) is 7.99. The van der Waals surface area contributed by atoms with Gasteiger partial charge in [0.2, 0.25) is 0 Å². The van der Waals surface area contributed by atoms with E-state index in [9.17, 15) is 15.2 Å². The van der Waals surface area contributed by atoms with Gasteiger partial charge in [0.1, 0.15) is 42.3 Å². The minimum atomic E-state index is -0.217. The predicted molar refractivity (Wildman–Crippen MR) is 175 cm³/mol. The van der Waals surface area contributed by atoms with Crippen LogP contribution in [0.1, 0.15) is 45.5 Å². The van der Waals surface area contributed by atoms with Crippen LogP contribution in [0.15, 0.2) is 67.0 Å². The van der Waals surface area contributed by atoms with Crippen LogP contribution >= 0.6 is 11.6 Å². The highest BCUT2D eigenvalue weighted by atomic mass is 35.5. The molecule has 0 radical (unpaired) electrons. The molecule has 1 unspecified atom stereocenters. The van der Waals surface area contributed by atoms with E-state index in [-0.39, 0.29) is 35.7 Å². The second-order valence-electron chi connectivity index (χ2n) is 11.0. The van der Waals surface area contributed by atoms with Gasteiger partial charge in [-0.2, -0.15) is 5.26 Å². The Bertz CT molecular complexity index is 1720. The molecule has 4 aromatic rings. The second kappa shape index (κ2) is 15.6. The first kappa shape index (κ1) is 32.8. The maximum Gasteiger partial charge on any atom is 0.153 e. The van der Waals surface area contributed by atoms with Gasteiger partial charge in [-0.25, -0.2) is 0 Å². The highest BCUT2D eigenvalue weighted by molar-refractivity contribution is 6.32. The molecule has 1 aliphatic rings. The van der Waals surface area contributed by atoms with E-state index in [0.29, 0.717) is 35.5 Å². The van der Waals surface area contributed by atoms with Crippen LogP contribution in [-0.2, 0) is 13.2 Å². The molecule has 10 heteroatoms. The zero-order chi connectivity index (χ0) is 32.5. The van der Waals surface area contributed by atoms with E-state index in [0.717, 1.165) is 60.5 Å². The van der Waals surface area contributed by atoms with Gasteiger partial charge in [-0.1, -0.05) is 41.9 Å². The van der Waals surface area contributed by atoms with Crippen molar-refractivity contribution in [1.82, 2.24) is 9.88 Å². The number of benzene rings is 3. The summed E-state index contributed by atoms with van der Waals surface area (Å²) in [6, 6.07) is 18.7. The minimum absolute atomic E-state index is 0.0634. The summed E-state index contributed by atoms with van der Waals surface area (Å²) in [5.41, 5.74) is 4.97. The monoisotopic (exact) mass is 641 g/mol. The molecule has 1 aliphatic heterocycles. The molecule has 1 aromatic heterocycles. The maximum atomic E-state index is 11.8. The van der Waals surface area contributed by atoms with Crippen LogP contribution in [0.3, 0.4) is 0 Å². The zero-order valence-electron chi connectivity index (χ0n) is 25.9. The lowest BCUT2D eigenvalue weighted by Gasteiger charge is -2.19. The number of aldehydes is 1. The van der Waals surface area contributed by atoms with Crippen molar-refractivity contribution in [2.45, 2.75) is 39.1 Å². The molecule has 0 aliphatic carbocycles. The first-order valence-electron chi connectivity index (χ1n) is 15.1. The first-order chi connectivity index (χ1) is 22.4. The molecule has 5 rings (SSSR count). The number of pyridine rings is 1. The van der Waals surface area contributed by atoms with Gasteiger partial charge < -0.3 is 29.0 Å². The number of nitrogens with zero attached hydrogens (tertiary/aromatic N) is 3. The zero-order valence-corrected chi connectivity index (χ0v) is 26.6. The number of hydrogen-bond acceptors (Lipinski definition) is 9. The van der Waals surface area contributed by atoms with Crippen LogP contribution in [0.4, 0.5) is 0 Å². The lowest BCUT2D eigenvalue weighted by Crippen LogP contribution is -2.24. The van der Waals surface area contributed by atoms with Crippen molar-refractivity contribution >= 4 is 17.9 Å². The van der Waals surface area contributed by atoms with E-state index in [4.69, 9.17) is 30.5 Å². The lowest BCUT2D eigenvalue weighted by atomic mass is 9.97. The topological polar surface area (TPSA) is 114 Å². The Morgan fingerprint density at radius 1 is 1.04 bits per heavy atom. The fourth-order valence-electron chi connectivity index (χ4n) is 5.54. The summed E-state index contributed by atoms with van der Waals surface area (Å²) in [7, 11) is 1.62. The normalized spacial score (nSPS) is 14.5. The molecule has 0 saturated carbocycles. The van der Waals surface area contributed by atoms with Crippen molar-refractivity contribution in [2.24, 2.45) is 0 Å². The van der Waals surface area contributed by atoms with Crippen LogP contribution in [0.5, 0.6) is 23.0 Å². The molecule has 1 atom stereocenters. The molecular weight excluding hydrogens is 606 g/mol. The standard InChI is InChI=1S/C36H36ClN3O6/c1-24-30(7-4-9-33(24)44-15-5-13-40-14-11-29(42)20-40)31-8-3-6-26(36(31)43-2)23-46-35-17-34(27(21-41)16-32(35)37)45-22-25-10-12-39-19-28(25)18-38/h3-4,6-10,12,16-17,19,21,29,42H,5,11,13-15,20,22-23H2,1-2H3. The van der Waals surface area contributed by atoms with Gasteiger partial charge in [0.05, 0.1) is 36.0 Å². The van der Waals surface area contributed by atoms with Gasteiger partial charge in [-0.15, -0.1) is 0 Å². The van der Waals surface area contributed by atoms with Gasteiger partial charge in [0, 0.05) is 54.8 Å². The summed E-state index contributed by atoms with van der Waals surface area (Å²) >= 11 is 6.50. The molecule has 0 amide bonds. The number of para-hydroxylation sites is 1. The predicted octanol–water partition coefficient (Wildman–Crippen LogP) is 6.40. The number of aliphatic hydroxyl groups is 1. The summed E-state index contributed by atoms with van der Waals surface area (Å²) in [6.07, 6.45) is 5.19. The van der Waals surface area contributed by atoms with Gasteiger partial charge in [-0.05, 0) is 49.1 Å². The number of likely N-dealkylation sites (tertiary alicyclic amines) is 1. The molecule has 1 fully saturated rings. The molecule has 46 heavy (non-hydrogen) atoms. The minimum Gasteiger partial charge on any atom is -0.496 e. The van der Waals surface area contributed by atoms with Crippen molar-refractivity contribution in [2.75, 3.05) is 33.4 Å². The Labute approximate surface area is 273 Å². The number of halogens is 1. The maximum absolute atomic E-state index is 11.8. The number of β-amino-alcohol motifs (C(OH)–C–C–N with tert-alkyl or cyclic N) is 1. The molecule has 9 nitrogen and oxygen atoms in total. The summed E-state index contributed by atoms with van der Waals surface area (Å²) in [5, 5.41) is 19.4. The number of carbonyl (C=O) groups excluding carboxylic acids is 1. The third-order valence-corrected chi connectivity index (χ3v) is 8.28. The molecule has 1 saturated heterocycles. The molecule has 0 spiro atoms. The Balaban J connectivity index is 1.30. The Morgan fingerprint density at radius 2 is 1.83 bits per heavy atom. The Hall–Kier alpha value is -4.62.